The number of carbonyl (C=O) groups excluding carboxylic acids is 6. The summed E-state index contributed by atoms with van der Waals surface area (Å²) in [6.07, 6.45) is 80.5. The highest BCUT2D eigenvalue weighted by atomic mass is 16.6. The Morgan fingerprint density at radius 1 is 0.204 bits per heavy atom. The summed E-state index contributed by atoms with van der Waals surface area (Å²) in [6.45, 7) is 8.47. The van der Waals surface area contributed by atoms with Crippen LogP contribution in [0, 0.1) is 0 Å². The zero-order valence-corrected chi connectivity index (χ0v) is 64.6. The van der Waals surface area contributed by atoms with Gasteiger partial charge in [0.05, 0.1) is 0 Å². The van der Waals surface area contributed by atoms with Crippen molar-refractivity contribution >= 4 is 35.8 Å². The standard InChI is InChI=1S/C86H156O12/c1-5-9-13-17-21-25-28-30-32-36-41-47-53-59-65-71-83(89)95-77-80(78-96-84(90)72-66-60-54-48-42-37-33-31-29-26-22-18-14-10-6-2)98-86(92)74-68-62-56-50-44-39-35-34-38-43-49-55-61-67-73-85(91)97-79(75-93-81(87)69-63-57-51-45-24-20-16-12-8-4)76-94-82(88)70-64-58-52-46-40-27-23-19-15-11-7-3/h12,16,30,32,34-35,79-80H,5-11,13-15,17-29,31,33,36-78H2,1-4H3. The average Bonchev–Trinajstić information content (AvgIpc) is 1.86. The number of carbonyl (C=O) groups is 6. The van der Waals surface area contributed by atoms with Gasteiger partial charge in [-0.3, -0.25) is 28.8 Å². The lowest BCUT2D eigenvalue weighted by atomic mass is 10.0. The van der Waals surface area contributed by atoms with E-state index in [4.69, 9.17) is 28.4 Å². The molecule has 0 N–H and O–H groups in total. The number of allylic oxidation sites excluding steroid dienone is 6. The minimum Gasteiger partial charge on any atom is -0.462 e. The second-order valence-corrected chi connectivity index (χ2v) is 28.5. The quantitative estimate of drug-likeness (QED) is 0.0246. The van der Waals surface area contributed by atoms with Crippen LogP contribution >= 0.6 is 0 Å². The molecule has 0 aliphatic rings. The first-order valence-corrected chi connectivity index (χ1v) is 42.1. The van der Waals surface area contributed by atoms with Crippen LogP contribution < -0.4 is 0 Å². The van der Waals surface area contributed by atoms with Gasteiger partial charge in [-0.1, -0.05) is 327 Å². The molecule has 0 heterocycles. The molecule has 0 aliphatic heterocycles. The Morgan fingerprint density at radius 3 is 0.561 bits per heavy atom. The first kappa shape index (κ1) is 94.0. The van der Waals surface area contributed by atoms with Gasteiger partial charge in [-0.2, -0.15) is 0 Å². The van der Waals surface area contributed by atoms with E-state index in [1.807, 2.05) is 0 Å². The summed E-state index contributed by atoms with van der Waals surface area (Å²) in [5.41, 5.74) is 0. The molecule has 2 atom stereocenters. The highest BCUT2D eigenvalue weighted by molar-refractivity contribution is 5.72. The predicted octanol–water partition coefficient (Wildman–Crippen LogP) is 25.7. The van der Waals surface area contributed by atoms with Crippen LogP contribution in [0.15, 0.2) is 36.5 Å². The van der Waals surface area contributed by atoms with Crippen molar-refractivity contribution in [3.8, 4) is 0 Å². The highest BCUT2D eigenvalue weighted by Gasteiger charge is 2.21. The zero-order chi connectivity index (χ0) is 71.2. The van der Waals surface area contributed by atoms with Gasteiger partial charge in [0, 0.05) is 38.5 Å². The van der Waals surface area contributed by atoms with E-state index in [1.54, 1.807) is 0 Å². The zero-order valence-electron chi connectivity index (χ0n) is 64.6. The number of hydrogen-bond donors (Lipinski definition) is 0. The van der Waals surface area contributed by atoms with Crippen LogP contribution in [0.1, 0.15) is 439 Å². The number of hydrogen-bond acceptors (Lipinski definition) is 12. The van der Waals surface area contributed by atoms with E-state index in [0.717, 1.165) is 180 Å². The van der Waals surface area contributed by atoms with Crippen molar-refractivity contribution in [1.82, 2.24) is 0 Å². The number of unbranched alkanes of at least 4 members (excludes halogenated alkanes) is 50. The van der Waals surface area contributed by atoms with Crippen LogP contribution in [0.3, 0.4) is 0 Å². The third kappa shape index (κ3) is 74.7. The Balaban J connectivity index is 4.65. The van der Waals surface area contributed by atoms with E-state index in [-0.39, 0.29) is 75.1 Å². The molecule has 12 heteroatoms. The molecule has 12 nitrogen and oxygen atoms in total. The fourth-order valence-corrected chi connectivity index (χ4v) is 12.4. The Kier molecular flexibility index (Phi) is 75.6. The molecule has 0 saturated carbocycles. The van der Waals surface area contributed by atoms with Gasteiger partial charge in [0.25, 0.3) is 0 Å². The van der Waals surface area contributed by atoms with Crippen molar-refractivity contribution in [2.45, 2.75) is 451 Å². The molecular formula is C86H156O12. The molecule has 98 heavy (non-hydrogen) atoms. The summed E-state index contributed by atoms with van der Waals surface area (Å²) < 4.78 is 33.8. The van der Waals surface area contributed by atoms with Crippen LogP contribution in [0.5, 0.6) is 0 Å². The van der Waals surface area contributed by atoms with Gasteiger partial charge < -0.3 is 28.4 Å². The van der Waals surface area contributed by atoms with Crippen molar-refractivity contribution < 1.29 is 57.2 Å². The Labute approximate surface area is 603 Å². The lowest BCUT2D eigenvalue weighted by Gasteiger charge is -2.18. The average molecular weight is 1380 g/mol. The monoisotopic (exact) mass is 1380 g/mol. The number of esters is 6. The van der Waals surface area contributed by atoms with Crippen LogP contribution in [-0.2, 0) is 57.2 Å². The number of rotatable bonds is 78. The highest BCUT2D eigenvalue weighted by Crippen LogP contribution is 2.19. The largest absolute Gasteiger partial charge is 0.462 e. The SMILES string of the molecule is CCC=CCCCCCCCC(=O)OCC(COC(=O)CCCCCCCCCCCCC)OC(=O)CCCCCCCC=CCCCCCCCC(=O)OC(COC(=O)CCCCCCCC=CCCCCCCCC)COC(=O)CCCCCCCCCCCCCCCCC. The molecule has 0 aromatic rings. The third-order valence-corrected chi connectivity index (χ3v) is 18.8. The third-order valence-electron chi connectivity index (χ3n) is 18.8. The van der Waals surface area contributed by atoms with Gasteiger partial charge in [-0.25, -0.2) is 0 Å². The van der Waals surface area contributed by atoms with Crippen molar-refractivity contribution in [3.63, 3.8) is 0 Å². The Morgan fingerprint density at radius 2 is 0.367 bits per heavy atom. The smallest absolute Gasteiger partial charge is 0.306 e. The van der Waals surface area contributed by atoms with E-state index < -0.39 is 12.2 Å². The molecule has 572 valence electrons. The maximum absolute atomic E-state index is 13.0. The molecule has 0 fully saturated rings. The molecular weight excluding hydrogens is 1220 g/mol. The van der Waals surface area contributed by atoms with Gasteiger partial charge in [0.1, 0.15) is 26.4 Å². The summed E-state index contributed by atoms with van der Waals surface area (Å²) in [7, 11) is 0. The van der Waals surface area contributed by atoms with E-state index in [0.29, 0.717) is 38.5 Å². The Bertz CT molecular complexity index is 1860. The van der Waals surface area contributed by atoms with Gasteiger partial charge in [0.2, 0.25) is 0 Å². The second kappa shape index (κ2) is 78.8. The molecule has 2 unspecified atom stereocenters. The molecule has 0 aromatic heterocycles. The van der Waals surface area contributed by atoms with E-state index in [1.165, 1.54) is 180 Å². The minimum atomic E-state index is -0.823. The van der Waals surface area contributed by atoms with Gasteiger partial charge in [-0.15, -0.1) is 0 Å². The van der Waals surface area contributed by atoms with Gasteiger partial charge >= 0.3 is 35.8 Å². The molecule has 0 spiro atoms. The fourth-order valence-electron chi connectivity index (χ4n) is 12.4. The maximum Gasteiger partial charge on any atom is 0.306 e. The normalized spacial score (nSPS) is 12.2. The number of ether oxygens (including phenoxy) is 6. The van der Waals surface area contributed by atoms with Crippen LogP contribution in [-0.4, -0.2) is 74.5 Å². The first-order chi connectivity index (χ1) is 48.1. The van der Waals surface area contributed by atoms with Crippen molar-refractivity contribution in [3.05, 3.63) is 36.5 Å². The molecule has 0 amide bonds. The first-order valence-electron chi connectivity index (χ1n) is 42.1. The van der Waals surface area contributed by atoms with Gasteiger partial charge in [-0.05, 0) is 109 Å². The maximum atomic E-state index is 13.0. The van der Waals surface area contributed by atoms with Crippen LogP contribution in [0.25, 0.3) is 0 Å². The van der Waals surface area contributed by atoms with Crippen molar-refractivity contribution in [2.75, 3.05) is 26.4 Å². The molecule has 0 aliphatic carbocycles. The lowest BCUT2D eigenvalue weighted by Crippen LogP contribution is -2.30. The van der Waals surface area contributed by atoms with Gasteiger partial charge in [0.15, 0.2) is 12.2 Å². The van der Waals surface area contributed by atoms with Crippen molar-refractivity contribution in [2.24, 2.45) is 0 Å². The summed E-state index contributed by atoms with van der Waals surface area (Å²) in [6, 6.07) is 0. The van der Waals surface area contributed by atoms with Crippen LogP contribution in [0.4, 0.5) is 0 Å². The van der Waals surface area contributed by atoms with E-state index in [2.05, 4.69) is 64.2 Å². The summed E-state index contributed by atoms with van der Waals surface area (Å²) >= 11 is 0. The molecule has 0 radical (unpaired) electrons. The summed E-state index contributed by atoms with van der Waals surface area (Å²) in [5, 5.41) is 0. The minimum absolute atomic E-state index is 0.111. The van der Waals surface area contributed by atoms with Crippen LogP contribution in [0.2, 0.25) is 0 Å². The fraction of sp³-hybridized carbons (Fsp3) is 0.860. The lowest BCUT2D eigenvalue weighted by molar-refractivity contribution is -0.167. The second-order valence-electron chi connectivity index (χ2n) is 28.5. The molecule has 0 bridgehead atoms. The molecule has 0 aromatic carbocycles. The van der Waals surface area contributed by atoms with E-state index in [9.17, 15) is 28.8 Å². The summed E-state index contributed by atoms with van der Waals surface area (Å²) in [4.78, 5) is 76.9. The molecule has 0 saturated heterocycles. The van der Waals surface area contributed by atoms with E-state index >= 15 is 0 Å². The molecule has 0 rings (SSSR count). The summed E-state index contributed by atoms with van der Waals surface area (Å²) in [5.74, 6) is -1.95. The Hall–Kier alpha value is -3.96. The predicted molar refractivity (Wildman–Crippen MR) is 409 cm³/mol. The van der Waals surface area contributed by atoms with Crippen molar-refractivity contribution in [1.29, 1.82) is 0 Å². The topological polar surface area (TPSA) is 158 Å².